The van der Waals surface area contributed by atoms with E-state index in [0.717, 1.165) is 19.4 Å². The summed E-state index contributed by atoms with van der Waals surface area (Å²) in [4.78, 5) is 0. The van der Waals surface area contributed by atoms with E-state index in [0.29, 0.717) is 0 Å². The molecular weight excluding hydrogens is 98.1 g/mol. The lowest BCUT2D eigenvalue weighted by atomic mass is 10.2. The van der Waals surface area contributed by atoms with Crippen LogP contribution in [0, 0.1) is 0 Å². The van der Waals surface area contributed by atoms with E-state index >= 15 is 0 Å². The van der Waals surface area contributed by atoms with Crippen molar-refractivity contribution in [2.24, 2.45) is 0 Å². The first-order valence-corrected chi connectivity index (χ1v) is 3.12. The molecule has 0 bridgehead atoms. The van der Waals surface area contributed by atoms with Crippen molar-refractivity contribution in [2.45, 2.75) is 19.8 Å². The van der Waals surface area contributed by atoms with E-state index in [-0.39, 0.29) is 0 Å². The average molecular weight is 113 g/mol. The number of hydrogen-bond acceptors (Lipinski definition) is 1. The van der Waals surface area contributed by atoms with Crippen LogP contribution in [0.2, 0.25) is 0 Å². The van der Waals surface area contributed by atoms with E-state index in [9.17, 15) is 0 Å². The highest BCUT2D eigenvalue weighted by Crippen LogP contribution is 1.99. The van der Waals surface area contributed by atoms with Gasteiger partial charge in [0.25, 0.3) is 0 Å². The summed E-state index contributed by atoms with van der Waals surface area (Å²) in [6.45, 7) is 7.07. The van der Waals surface area contributed by atoms with Gasteiger partial charge in [-0.1, -0.05) is 19.1 Å². The molecule has 0 atom stereocenters. The molecule has 0 unspecified atom stereocenters. The molecule has 0 aliphatic heterocycles. The Hall–Kier alpha value is -0.300. The maximum Gasteiger partial charge on any atom is -0.00147 e. The molecule has 0 amide bonds. The Bertz CT molecular complexity index is 66.8. The molecule has 1 heteroatoms. The van der Waals surface area contributed by atoms with Crippen molar-refractivity contribution in [2.75, 3.05) is 13.6 Å². The van der Waals surface area contributed by atoms with Gasteiger partial charge in [0.15, 0.2) is 0 Å². The SMILES string of the molecule is C=C(CC)CCNC. The zero-order chi connectivity index (χ0) is 6.41. The third-order valence-corrected chi connectivity index (χ3v) is 1.23. The molecule has 0 radical (unpaired) electrons. The van der Waals surface area contributed by atoms with E-state index in [1.807, 2.05) is 7.05 Å². The summed E-state index contributed by atoms with van der Waals surface area (Å²) in [5.41, 5.74) is 1.33. The summed E-state index contributed by atoms with van der Waals surface area (Å²) in [6, 6.07) is 0. The number of nitrogens with one attached hydrogen (secondary N) is 1. The number of rotatable bonds is 4. The van der Waals surface area contributed by atoms with Crippen LogP contribution in [0.5, 0.6) is 0 Å². The monoisotopic (exact) mass is 113 g/mol. The zero-order valence-electron chi connectivity index (χ0n) is 5.83. The normalized spacial score (nSPS) is 9.25. The molecule has 0 aromatic carbocycles. The van der Waals surface area contributed by atoms with Gasteiger partial charge in [0.2, 0.25) is 0 Å². The zero-order valence-corrected chi connectivity index (χ0v) is 5.83. The number of hydrogen-bond donors (Lipinski definition) is 1. The van der Waals surface area contributed by atoms with E-state index in [1.54, 1.807) is 0 Å². The lowest BCUT2D eigenvalue weighted by Crippen LogP contribution is -2.07. The second-order valence-corrected chi connectivity index (χ2v) is 1.96. The van der Waals surface area contributed by atoms with Crippen LogP contribution in [0.1, 0.15) is 19.8 Å². The highest BCUT2D eigenvalue weighted by atomic mass is 14.8. The van der Waals surface area contributed by atoms with Crippen LogP contribution in [-0.4, -0.2) is 13.6 Å². The Labute approximate surface area is 51.8 Å². The van der Waals surface area contributed by atoms with E-state index in [4.69, 9.17) is 0 Å². The first-order chi connectivity index (χ1) is 3.81. The highest BCUT2D eigenvalue weighted by molar-refractivity contribution is 4.92. The summed E-state index contributed by atoms with van der Waals surface area (Å²) in [6.07, 6.45) is 2.23. The van der Waals surface area contributed by atoms with Crippen LogP contribution in [0.25, 0.3) is 0 Å². The van der Waals surface area contributed by atoms with Crippen molar-refractivity contribution in [3.8, 4) is 0 Å². The van der Waals surface area contributed by atoms with Crippen LogP contribution in [0.4, 0.5) is 0 Å². The van der Waals surface area contributed by atoms with Gasteiger partial charge >= 0.3 is 0 Å². The van der Waals surface area contributed by atoms with E-state index in [1.165, 1.54) is 5.57 Å². The van der Waals surface area contributed by atoms with E-state index in [2.05, 4.69) is 18.8 Å². The van der Waals surface area contributed by atoms with Gasteiger partial charge in [-0.15, -0.1) is 0 Å². The van der Waals surface area contributed by atoms with Crippen molar-refractivity contribution in [1.82, 2.24) is 5.32 Å². The van der Waals surface area contributed by atoms with Crippen molar-refractivity contribution >= 4 is 0 Å². The maximum atomic E-state index is 3.87. The second-order valence-electron chi connectivity index (χ2n) is 1.96. The molecule has 0 fully saturated rings. The van der Waals surface area contributed by atoms with Crippen molar-refractivity contribution in [3.63, 3.8) is 0 Å². The Morgan fingerprint density at radius 2 is 2.25 bits per heavy atom. The second kappa shape index (κ2) is 4.85. The molecule has 0 aliphatic carbocycles. The minimum atomic E-state index is 1.06. The van der Waals surface area contributed by atoms with Crippen molar-refractivity contribution in [1.29, 1.82) is 0 Å². The van der Waals surface area contributed by atoms with Crippen LogP contribution in [-0.2, 0) is 0 Å². The first kappa shape index (κ1) is 7.70. The van der Waals surface area contributed by atoms with Gasteiger partial charge in [-0.05, 0) is 26.4 Å². The average Bonchev–Trinajstić information content (AvgIpc) is 1.83. The quantitative estimate of drug-likeness (QED) is 0.545. The van der Waals surface area contributed by atoms with Gasteiger partial charge in [0.1, 0.15) is 0 Å². The molecular formula is C7H15N. The van der Waals surface area contributed by atoms with Crippen LogP contribution < -0.4 is 5.32 Å². The Morgan fingerprint density at radius 1 is 1.62 bits per heavy atom. The first-order valence-electron chi connectivity index (χ1n) is 3.12. The maximum absolute atomic E-state index is 3.87. The Morgan fingerprint density at radius 3 is 2.62 bits per heavy atom. The summed E-state index contributed by atoms with van der Waals surface area (Å²) in [7, 11) is 1.96. The Balaban J connectivity index is 2.99. The molecule has 0 heterocycles. The van der Waals surface area contributed by atoms with Gasteiger partial charge < -0.3 is 5.32 Å². The fraction of sp³-hybridized carbons (Fsp3) is 0.714. The van der Waals surface area contributed by atoms with Gasteiger partial charge in [0.05, 0.1) is 0 Å². The minimum absolute atomic E-state index is 1.06. The predicted octanol–water partition coefficient (Wildman–Crippen LogP) is 1.56. The van der Waals surface area contributed by atoms with Crippen molar-refractivity contribution < 1.29 is 0 Å². The molecule has 0 saturated carbocycles. The molecule has 1 N–H and O–H groups in total. The van der Waals surface area contributed by atoms with Gasteiger partial charge in [-0.2, -0.15) is 0 Å². The smallest absolute Gasteiger partial charge is 0.00147 e. The standard InChI is InChI=1S/C7H15N/c1-4-7(2)5-6-8-3/h8H,2,4-6H2,1,3H3. The van der Waals surface area contributed by atoms with Crippen LogP contribution in [0.15, 0.2) is 12.2 Å². The van der Waals surface area contributed by atoms with Crippen LogP contribution >= 0.6 is 0 Å². The third kappa shape index (κ3) is 3.88. The molecule has 0 aromatic heterocycles. The van der Waals surface area contributed by atoms with Gasteiger partial charge in [-0.25, -0.2) is 0 Å². The molecule has 0 aromatic rings. The van der Waals surface area contributed by atoms with Crippen LogP contribution in [0.3, 0.4) is 0 Å². The molecule has 1 nitrogen and oxygen atoms in total. The highest BCUT2D eigenvalue weighted by Gasteiger charge is 1.86. The fourth-order valence-corrected chi connectivity index (χ4v) is 0.479. The summed E-state index contributed by atoms with van der Waals surface area (Å²) >= 11 is 0. The minimum Gasteiger partial charge on any atom is -0.319 e. The molecule has 48 valence electrons. The lowest BCUT2D eigenvalue weighted by molar-refractivity contribution is 0.770. The Kier molecular flexibility index (Phi) is 4.67. The topological polar surface area (TPSA) is 12.0 Å². The molecule has 8 heavy (non-hydrogen) atoms. The van der Waals surface area contributed by atoms with Gasteiger partial charge in [-0.3, -0.25) is 0 Å². The molecule has 0 spiro atoms. The van der Waals surface area contributed by atoms with Crippen molar-refractivity contribution in [3.05, 3.63) is 12.2 Å². The summed E-state index contributed by atoms with van der Waals surface area (Å²) in [5.74, 6) is 0. The largest absolute Gasteiger partial charge is 0.319 e. The molecule has 0 rings (SSSR count). The predicted molar refractivity (Wildman–Crippen MR) is 38.0 cm³/mol. The van der Waals surface area contributed by atoms with E-state index < -0.39 is 0 Å². The molecule has 0 aliphatic rings. The lowest BCUT2D eigenvalue weighted by Gasteiger charge is -1.98. The summed E-state index contributed by atoms with van der Waals surface area (Å²) in [5, 5.41) is 3.07. The third-order valence-electron chi connectivity index (χ3n) is 1.23. The summed E-state index contributed by atoms with van der Waals surface area (Å²) < 4.78 is 0. The molecule has 0 saturated heterocycles. The fourth-order valence-electron chi connectivity index (χ4n) is 0.479. The van der Waals surface area contributed by atoms with Gasteiger partial charge in [0, 0.05) is 0 Å².